The molecule has 2 heterocycles. The van der Waals surface area contributed by atoms with E-state index in [1.807, 2.05) is 0 Å². The van der Waals surface area contributed by atoms with Gasteiger partial charge in [0.15, 0.2) is 23.1 Å². The Labute approximate surface area is 136 Å². The molecule has 0 aliphatic rings. The molecule has 0 aliphatic heterocycles. The van der Waals surface area contributed by atoms with E-state index >= 15 is 0 Å². The normalized spacial score (nSPS) is 11.8. The number of rotatable bonds is 4. The molecule has 10 nitrogen and oxygen atoms in total. The van der Waals surface area contributed by atoms with Crippen LogP contribution in [0.3, 0.4) is 0 Å². The molecule has 0 radical (unpaired) electrons. The van der Waals surface area contributed by atoms with E-state index in [1.165, 1.54) is 16.8 Å². The van der Waals surface area contributed by atoms with Crippen molar-refractivity contribution in [2.24, 2.45) is 34.6 Å². The zero-order valence-corrected chi connectivity index (χ0v) is 12.9. The van der Waals surface area contributed by atoms with Crippen LogP contribution in [0.5, 0.6) is 11.5 Å². The highest BCUT2D eigenvalue weighted by Crippen LogP contribution is 2.40. The second-order valence-corrected chi connectivity index (χ2v) is 4.86. The van der Waals surface area contributed by atoms with Gasteiger partial charge in [-0.15, -0.1) is 20.5 Å². The fraction of sp³-hybridized carbons (Fsp3) is 0.143. The topological polar surface area (TPSA) is 126 Å². The maximum Gasteiger partial charge on any atom is 0.185 e. The smallest absolute Gasteiger partial charge is 0.185 e. The SMILES string of the molecule is Cn1nccc1/N=N/c1cc(O)c(O)c(/N=N/c2ccnn2C)c1. The predicted octanol–water partition coefficient (Wildman–Crippen LogP) is 3.40. The minimum atomic E-state index is -0.389. The van der Waals surface area contributed by atoms with E-state index in [2.05, 4.69) is 30.7 Å². The summed E-state index contributed by atoms with van der Waals surface area (Å²) < 4.78 is 3.07. The molecule has 1 aromatic carbocycles. The van der Waals surface area contributed by atoms with Crippen molar-refractivity contribution in [2.75, 3.05) is 0 Å². The van der Waals surface area contributed by atoms with Gasteiger partial charge >= 0.3 is 0 Å². The average Bonchev–Trinajstić information content (AvgIpc) is 3.15. The fourth-order valence-corrected chi connectivity index (χ4v) is 1.87. The van der Waals surface area contributed by atoms with E-state index in [0.29, 0.717) is 17.3 Å². The van der Waals surface area contributed by atoms with Crippen LogP contribution in [0.4, 0.5) is 23.0 Å². The van der Waals surface area contributed by atoms with Gasteiger partial charge in [0.05, 0.1) is 18.1 Å². The second kappa shape index (κ2) is 6.28. The lowest BCUT2D eigenvalue weighted by Gasteiger charge is -2.02. The van der Waals surface area contributed by atoms with Crippen LogP contribution in [0.2, 0.25) is 0 Å². The number of phenolic OH excluding ortho intramolecular Hbond substituents is 2. The van der Waals surface area contributed by atoms with Gasteiger partial charge in [0.2, 0.25) is 0 Å². The maximum atomic E-state index is 9.90. The van der Waals surface area contributed by atoms with Crippen molar-refractivity contribution in [2.45, 2.75) is 0 Å². The molecule has 0 saturated heterocycles. The van der Waals surface area contributed by atoms with Crippen LogP contribution in [0.15, 0.2) is 57.1 Å². The minimum Gasteiger partial charge on any atom is -0.504 e. The van der Waals surface area contributed by atoms with Crippen LogP contribution in [-0.4, -0.2) is 29.8 Å². The van der Waals surface area contributed by atoms with Crippen molar-refractivity contribution in [3.8, 4) is 11.5 Å². The first kappa shape index (κ1) is 15.3. The Hall–Kier alpha value is -3.56. The molecule has 0 fully saturated rings. The van der Waals surface area contributed by atoms with Gasteiger partial charge in [-0.2, -0.15) is 10.2 Å². The molecule has 24 heavy (non-hydrogen) atoms. The van der Waals surface area contributed by atoms with Crippen LogP contribution in [0.1, 0.15) is 0 Å². The lowest BCUT2D eigenvalue weighted by atomic mass is 10.2. The van der Waals surface area contributed by atoms with E-state index in [-0.39, 0.29) is 17.2 Å². The number of phenols is 2. The fourth-order valence-electron chi connectivity index (χ4n) is 1.87. The largest absolute Gasteiger partial charge is 0.504 e. The van der Waals surface area contributed by atoms with Crippen molar-refractivity contribution in [3.05, 3.63) is 36.7 Å². The van der Waals surface area contributed by atoms with Crippen LogP contribution in [0.25, 0.3) is 0 Å². The van der Waals surface area contributed by atoms with Crippen molar-refractivity contribution in [1.29, 1.82) is 0 Å². The van der Waals surface area contributed by atoms with Crippen LogP contribution >= 0.6 is 0 Å². The lowest BCUT2D eigenvalue weighted by Crippen LogP contribution is -1.87. The molecular formula is C14H14N8O2. The van der Waals surface area contributed by atoms with Gasteiger partial charge in [-0.1, -0.05) is 0 Å². The van der Waals surface area contributed by atoms with Crippen LogP contribution < -0.4 is 0 Å². The van der Waals surface area contributed by atoms with E-state index in [1.54, 1.807) is 43.3 Å². The molecular weight excluding hydrogens is 312 g/mol. The van der Waals surface area contributed by atoms with Gasteiger partial charge < -0.3 is 10.2 Å². The summed E-state index contributed by atoms with van der Waals surface area (Å²) in [5, 5.41) is 43.6. The first-order valence-electron chi connectivity index (χ1n) is 6.90. The molecule has 2 N–H and O–H groups in total. The van der Waals surface area contributed by atoms with Gasteiger partial charge in [0.1, 0.15) is 5.69 Å². The standard InChI is InChI=1S/C14H14N8O2/c1-21-12(3-5-15-21)19-17-9-7-10(14(24)11(23)8-9)18-20-13-4-6-16-22(13)2/h3-8,23-24H,1-2H3/b19-17+,20-18+. The molecule has 2 aromatic heterocycles. The molecule has 0 unspecified atom stereocenters. The third-order valence-corrected chi connectivity index (χ3v) is 3.17. The first-order valence-corrected chi connectivity index (χ1v) is 6.90. The van der Waals surface area contributed by atoms with Crippen molar-refractivity contribution < 1.29 is 10.2 Å². The highest BCUT2D eigenvalue weighted by atomic mass is 16.3. The highest BCUT2D eigenvalue weighted by Gasteiger charge is 2.09. The Balaban J connectivity index is 1.91. The number of hydrogen-bond acceptors (Lipinski definition) is 8. The van der Waals surface area contributed by atoms with Crippen LogP contribution in [0, 0.1) is 0 Å². The molecule has 0 atom stereocenters. The van der Waals surface area contributed by atoms with Gasteiger partial charge in [-0.3, -0.25) is 0 Å². The zero-order valence-electron chi connectivity index (χ0n) is 12.9. The molecule has 0 spiro atoms. The molecule has 122 valence electrons. The Morgan fingerprint density at radius 1 is 0.833 bits per heavy atom. The summed E-state index contributed by atoms with van der Waals surface area (Å²) in [6.45, 7) is 0. The number of aromatic nitrogens is 4. The van der Waals surface area contributed by atoms with E-state index < -0.39 is 0 Å². The summed E-state index contributed by atoms with van der Waals surface area (Å²) in [6.07, 6.45) is 3.17. The third-order valence-electron chi connectivity index (χ3n) is 3.17. The molecule has 10 heteroatoms. The third kappa shape index (κ3) is 3.11. The van der Waals surface area contributed by atoms with Gasteiger partial charge in [-0.25, -0.2) is 9.36 Å². The van der Waals surface area contributed by atoms with Gasteiger partial charge in [0.25, 0.3) is 0 Å². The Morgan fingerprint density at radius 2 is 1.42 bits per heavy atom. The Bertz CT molecular complexity index is 925. The number of nitrogens with zero attached hydrogens (tertiary/aromatic N) is 8. The Kier molecular flexibility index (Phi) is 4.01. The summed E-state index contributed by atoms with van der Waals surface area (Å²) in [6, 6.07) is 6.08. The number of benzene rings is 1. The number of hydrogen-bond donors (Lipinski definition) is 2. The predicted molar refractivity (Wildman–Crippen MR) is 84.5 cm³/mol. The van der Waals surface area contributed by atoms with Gasteiger partial charge in [-0.05, 0) is 6.07 Å². The lowest BCUT2D eigenvalue weighted by molar-refractivity contribution is 0.405. The number of aryl methyl sites for hydroxylation is 2. The van der Waals surface area contributed by atoms with Crippen molar-refractivity contribution in [3.63, 3.8) is 0 Å². The van der Waals surface area contributed by atoms with Crippen LogP contribution in [-0.2, 0) is 14.1 Å². The summed E-state index contributed by atoms with van der Waals surface area (Å²) in [5.74, 6) is 0.284. The monoisotopic (exact) mass is 326 g/mol. The second-order valence-electron chi connectivity index (χ2n) is 4.86. The summed E-state index contributed by atoms with van der Waals surface area (Å²) >= 11 is 0. The minimum absolute atomic E-state index is 0.0650. The molecule has 3 rings (SSSR count). The molecule has 0 bridgehead atoms. The molecule has 0 aliphatic carbocycles. The first-order chi connectivity index (χ1) is 11.5. The van der Waals surface area contributed by atoms with Crippen molar-refractivity contribution in [1.82, 2.24) is 19.6 Å². The van der Waals surface area contributed by atoms with E-state index in [4.69, 9.17) is 0 Å². The van der Waals surface area contributed by atoms with Gasteiger partial charge in [0, 0.05) is 32.3 Å². The maximum absolute atomic E-state index is 9.90. The summed E-state index contributed by atoms with van der Waals surface area (Å²) in [7, 11) is 3.44. The Morgan fingerprint density at radius 3 is 1.96 bits per heavy atom. The van der Waals surface area contributed by atoms with E-state index in [9.17, 15) is 10.2 Å². The molecule has 3 aromatic rings. The summed E-state index contributed by atoms with van der Waals surface area (Å²) in [4.78, 5) is 0. The number of aromatic hydroxyl groups is 2. The zero-order chi connectivity index (χ0) is 17.1. The van der Waals surface area contributed by atoms with Crippen molar-refractivity contribution >= 4 is 23.0 Å². The molecule has 0 amide bonds. The highest BCUT2D eigenvalue weighted by molar-refractivity contribution is 5.65. The average molecular weight is 326 g/mol. The summed E-state index contributed by atoms with van der Waals surface area (Å²) in [5.41, 5.74) is 0.376. The number of azo groups is 2. The quantitative estimate of drug-likeness (QED) is 0.563. The van der Waals surface area contributed by atoms with E-state index in [0.717, 1.165) is 0 Å². The molecule has 0 saturated carbocycles.